The van der Waals surface area contributed by atoms with Gasteiger partial charge in [-0.05, 0) is 56.5 Å². The number of hydrogen-bond donors (Lipinski definition) is 0. The van der Waals surface area contributed by atoms with Crippen molar-refractivity contribution in [2.75, 3.05) is 25.5 Å². The van der Waals surface area contributed by atoms with E-state index in [0.717, 1.165) is 53.1 Å². The smallest absolute Gasteiger partial charge is 0.277 e. The number of aromatic nitrogens is 2. The molecule has 5 rings (SSSR count). The number of nitrogens with zero attached hydrogens (tertiary/aromatic N) is 3. The molecule has 8 heteroatoms. The van der Waals surface area contributed by atoms with Crippen molar-refractivity contribution >= 4 is 17.7 Å². The summed E-state index contributed by atoms with van der Waals surface area (Å²) in [5.74, 6) is 2.32. The minimum Gasteiger partial charge on any atom is -0.486 e. The third kappa shape index (κ3) is 4.32. The summed E-state index contributed by atoms with van der Waals surface area (Å²) in [6.07, 6.45) is 1.92. The SMILES string of the molecule is Cc1cc(C)cc(-c2nnc(SCC(=O)N3CCCC3c3ccc4c(c3)OCCO4)o2)c1. The standard InChI is InChI=1S/C24H25N3O4S/c1-15-10-16(2)12-18(11-15)23-25-26-24(31-23)32-14-22(28)27-7-3-4-19(27)17-5-6-20-21(13-17)30-9-8-29-20/h5-6,10-13,19H,3-4,7-9,14H2,1-2H3. The van der Waals surface area contributed by atoms with Crippen LogP contribution in [0.2, 0.25) is 0 Å². The molecule has 1 fully saturated rings. The fourth-order valence-electron chi connectivity index (χ4n) is 4.37. The maximum Gasteiger partial charge on any atom is 0.277 e. The maximum atomic E-state index is 13.0. The quantitative estimate of drug-likeness (QED) is 0.526. The highest BCUT2D eigenvalue weighted by Gasteiger charge is 2.31. The first-order chi connectivity index (χ1) is 15.6. The predicted octanol–water partition coefficient (Wildman–Crippen LogP) is 4.58. The van der Waals surface area contributed by atoms with Crippen LogP contribution in [0.5, 0.6) is 11.5 Å². The van der Waals surface area contributed by atoms with Crippen LogP contribution in [0.15, 0.2) is 46.0 Å². The van der Waals surface area contributed by atoms with Gasteiger partial charge in [0.2, 0.25) is 11.8 Å². The van der Waals surface area contributed by atoms with E-state index in [4.69, 9.17) is 13.9 Å². The molecule has 1 amide bonds. The summed E-state index contributed by atoms with van der Waals surface area (Å²) in [7, 11) is 0. The monoisotopic (exact) mass is 451 g/mol. The minimum absolute atomic E-state index is 0.0486. The molecule has 1 aromatic heterocycles. The molecular formula is C24H25N3O4S. The first-order valence-corrected chi connectivity index (χ1v) is 11.8. The Hall–Kier alpha value is -3.00. The number of amides is 1. The molecule has 0 spiro atoms. The van der Waals surface area contributed by atoms with Gasteiger partial charge in [0.1, 0.15) is 13.2 Å². The van der Waals surface area contributed by atoms with E-state index in [9.17, 15) is 4.79 Å². The van der Waals surface area contributed by atoms with Gasteiger partial charge in [-0.3, -0.25) is 4.79 Å². The van der Waals surface area contributed by atoms with Crippen molar-refractivity contribution in [3.8, 4) is 23.0 Å². The number of carbonyl (C=O) groups excluding carboxylic acids is 1. The Bertz CT molecular complexity index is 1130. The Balaban J connectivity index is 1.25. The van der Waals surface area contributed by atoms with Crippen molar-refractivity contribution in [3.05, 3.63) is 53.1 Å². The summed E-state index contributed by atoms with van der Waals surface area (Å²) in [5.41, 5.74) is 4.26. The van der Waals surface area contributed by atoms with Crippen molar-refractivity contribution in [2.45, 2.75) is 38.0 Å². The van der Waals surface area contributed by atoms with E-state index >= 15 is 0 Å². The van der Waals surface area contributed by atoms with Crippen molar-refractivity contribution in [3.63, 3.8) is 0 Å². The van der Waals surface area contributed by atoms with Gasteiger partial charge < -0.3 is 18.8 Å². The Labute approximate surface area is 191 Å². The lowest BCUT2D eigenvalue weighted by Gasteiger charge is -2.26. The Morgan fingerprint density at radius 1 is 1.06 bits per heavy atom. The molecule has 7 nitrogen and oxygen atoms in total. The van der Waals surface area contributed by atoms with Gasteiger partial charge in [-0.1, -0.05) is 35.0 Å². The summed E-state index contributed by atoms with van der Waals surface area (Å²) >= 11 is 1.28. The first-order valence-electron chi connectivity index (χ1n) is 10.8. The summed E-state index contributed by atoms with van der Waals surface area (Å²) in [6, 6.07) is 12.2. The number of rotatable bonds is 5. The molecule has 0 radical (unpaired) electrons. The number of likely N-dealkylation sites (tertiary alicyclic amines) is 1. The van der Waals surface area contributed by atoms with Gasteiger partial charge in [-0.2, -0.15) is 0 Å². The molecule has 2 aliphatic rings. The number of hydrogen-bond acceptors (Lipinski definition) is 7. The molecule has 3 aromatic rings. The highest BCUT2D eigenvalue weighted by molar-refractivity contribution is 7.99. The first kappa shape index (κ1) is 20.9. The van der Waals surface area contributed by atoms with Crippen LogP contribution in [0.4, 0.5) is 0 Å². The van der Waals surface area contributed by atoms with Gasteiger partial charge in [0.05, 0.1) is 11.8 Å². The molecule has 2 aliphatic heterocycles. The van der Waals surface area contributed by atoms with E-state index < -0.39 is 0 Å². The van der Waals surface area contributed by atoms with E-state index in [2.05, 4.69) is 16.3 Å². The zero-order valence-corrected chi connectivity index (χ0v) is 19.0. The number of thioether (sulfide) groups is 1. The Kier molecular flexibility index (Phi) is 5.78. The number of ether oxygens (including phenoxy) is 2. The lowest BCUT2D eigenvalue weighted by atomic mass is 10.0. The Morgan fingerprint density at radius 2 is 1.84 bits per heavy atom. The van der Waals surface area contributed by atoms with E-state index in [1.807, 2.05) is 49.1 Å². The maximum absolute atomic E-state index is 13.0. The average molecular weight is 452 g/mol. The van der Waals surface area contributed by atoms with Gasteiger partial charge in [-0.25, -0.2) is 0 Å². The molecule has 166 valence electrons. The second kappa shape index (κ2) is 8.86. The molecule has 3 heterocycles. The van der Waals surface area contributed by atoms with Crippen LogP contribution in [-0.4, -0.2) is 46.5 Å². The van der Waals surface area contributed by atoms with Crippen LogP contribution in [0.25, 0.3) is 11.5 Å². The molecule has 1 atom stereocenters. The number of fused-ring (bicyclic) bond motifs is 1. The largest absolute Gasteiger partial charge is 0.486 e. The molecule has 32 heavy (non-hydrogen) atoms. The zero-order chi connectivity index (χ0) is 22.1. The third-order valence-electron chi connectivity index (χ3n) is 5.72. The van der Waals surface area contributed by atoms with Crippen molar-refractivity contribution in [1.82, 2.24) is 15.1 Å². The third-order valence-corrected chi connectivity index (χ3v) is 6.52. The van der Waals surface area contributed by atoms with E-state index in [1.54, 1.807) is 0 Å². The Morgan fingerprint density at radius 3 is 2.66 bits per heavy atom. The zero-order valence-electron chi connectivity index (χ0n) is 18.2. The van der Waals surface area contributed by atoms with Gasteiger partial charge in [-0.15, -0.1) is 10.2 Å². The van der Waals surface area contributed by atoms with E-state index in [-0.39, 0.29) is 17.7 Å². The molecule has 1 saturated heterocycles. The van der Waals surface area contributed by atoms with E-state index in [0.29, 0.717) is 24.3 Å². The second-order valence-electron chi connectivity index (χ2n) is 8.19. The number of carbonyl (C=O) groups is 1. The summed E-state index contributed by atoms with van der Waals surface area (Å²) < 4.78 is 17.1. The molecule has 0 saturated carbocycles. The fraction of sp³-hybridized carbons (Fsp3) is 0.375. The highest BCUT2D eigenvalue weighted by Crippen LogP contribution is 2.38. The lowest BCUT2D eigenvalue weighted by molar-refractivity contribution is -0.129. The summed E-state index contributed by atoms with van der Waals surface area (Å²) in [6.45, 7) is 5.94. The molecule has 2 aromatic carbocycles. The van der Waals surface area contributed by atoms with Crippen LogP contribution in [0.1, 0.15) is 35.6 Å². The van der Waals surface area contributed by atoms with Gasteiger partial charge in [0.25, 0.3) is 5.22 Å². The second-order valence-corrected chi connectivity index (χ2v) is 9.11. The number of benzene rings is 2. The fourth-order valence-corrected chi connectivity index (χ4v) is 5.02. The molecular weight excluding hydrogens is 426 g/mol. The van der Waals surface area contributed by atoms with Crippen LogP contribution in [0.3, 0.4) is 0 Å². The van der Waals surface area contributed by atoms with Crippen molar-refractivity contribution < 1.29 is 18.7 Å². The topological polar surface area (TPSA) is 77.7 Å². The molecule has 0 N–H and O–H groups in total. The van der Waals surface area contributed by atoms with Crippen molar-refractivity contribution in [2.24, 2.45) is 0 Å². The highest BCUT2D eigenvalue weighted by atomic mass is 32.2. The normalized spacial score (nSPS) is 17.6. The van der Waals surface area contributed by atoms with E-state index in [1.165, 1.54) is 11.8 Å². The lowest BCUT2D eigenvalue weighted by Crippen LogP contribution is -2.32. The van der Waals surface area contributed by atoms with Gasteiger partial charge in [0.15, 0.2) is 11.5 Å². The van der Waals surface area contributed by atoms with Crippen LogP contribution >= 0.6 is 11.8 Å². The van der Waals surface area contributed by atoms with Gasteiger partial charge in [0, 0.05) is 12.1 Å². The average Bonchev–Trinajstić information content (AvgIpc) is 3.46. The summed E-state index contributed by atoms with van der Waals surface area (Å²) in [4.78, 5) is 15.0. The number of aryl methyl sites for hydroxylation is 2. The summed E-state index contributed by atoms with van der Waals surface area (Å²) in [5, 5.41) is 8.69. The molecule has 0 aliphatic carbocycles. The minimum atomic E-state index is 0.0486. The van der Waals surface area contributed by atoms with Crippen molar-refractivity contribution in [1.29, 1.82) is 0 Å². The van der Waals surface area contributed by atoms with Crippen LogP contribution < -0.4 is 9.47 Å². The van der Waals surface area contributed by atoms with Crippen LogP contribution in [-0.2, 0) is 4.79 Å². The van der Waals surface area contributed by atoms with Gasteiger partial charge >= 0.3 is 0 Å². The van der Waals surface area contributed by atoms with Crippen LogP contribution in [0, 0.1) is 13.8 Å². The predicted molar refractivity (Wildman–Crippen MR) is 121 cm³/mol. The molecule has 1 unspecified atom stereocenters. The molecule has 0 bridgehead atoms.